The van der Waals surface area contributed by atoms with Crippen LogP contribution in [0.5, 0.6) is 5.75 Å². The average Bonchev–Trinajstić information content (AvgIpc) is 2.75. The van der Waals surface area contributed by atoms with Crippen molar-refractivity contribution < 1.29 is 31.4 Å². The van der Waals surface area contributed by atoms with Gasteiger partial charge in [0.05, 0.1) is 24.5 Å². The smallest absolute Gasteiger partial charge is 0.260 e. The van der Waals surface area contributed by atoms with Crippen molar-refractivity contribution in [3.8, 4) is 17.6 Å². The van der Waals surface area contributed by atoms with Crippen molar-refractivity contribution in [3.63, 3.8) is 0 Å². The predicted molar refractivity (Wildman–Crippen MR) is 111 cm³/mol. The molecule has 0 amide bonds. The molecule has 1 aliphatic rings. The number of rotatable bonds is 6. The fourth-order valence-corrected chi connectivity index (χ4v) is 3.59. The first-order chi connectivity index (χ1) is 15.4. The number of hydrogen-bond donors (Lipinski definition) is 0. The van der Waals surface area contributed by atoms with Crippen molar-refractivity contribution in [1.82, 2.24) is 0 Å². The lowest BCUT2D eigenvalue weighted by Gasteiger charge is -2.29. The Hall–Kier alpha value is -2.85. The maximum atomic E-state index is 14.5. The van der Waals surface area contributed by atoms with Gasteiger partial charge in [0.1, 0.15) is 5.82 Å². The van der Waals surface area contributed by atoms with E-state index in [2.05, 4.69) is 23.5 Å². The van der Waals surface area contributed by atoms with Gasteiger partial charge in [-0.05, 0) is 55.0 Å². The monoisotopic (exact) mass is 450 g/mol. The summed E-state index contributed by atoms with van der Waals surface area (Å²) in [6.45, 7) is 2.80. The second-order valence-electron chi connectivity index (χ2n) is 7.59. The largest absolute Gasteiger partial charge is 0.459 e. The van der Waals surface area contributed by atoms with E-state index >= 15 is 0 Å². The lowest BCUT2D eigenvalue weighted by molar-refractivity contribution is -0.0196. The standard InChI is InChI=1S/C25H23F5O2/c1-2-3-16-5-9-23(32-15-16)19-8-7-18(20(26)14-19)6-4-17-12-21(27)25(22(28)13-17)31-11-10-24(29)30/h7-8,10-14,16,23-24H,2-3,5,9,15H2,1H3. The van der Waals surface area contributed by atoms with E-state index in [4.69, 9.17) is 4.74 Å². The van der Waals surface area contributed by atoms with Gasteiger partial charge in [-0.25, -0.2) is 22.0 Å². The molecule has 0 saturated carbocycles. The topological polar surface area (TPSA) is 18.5 Å². The molecule has 1 aliphatic heterocycles. The lowest BCUT2D eigenvalue weighted by Crippen LogP contribution is -2.20. The first kappa shape index (κ1) is 23.8. The van der Waals surface area contributed by atoms with E-state index in [-0.39, 0.29) is 17.2 Å². The first-order valence-corrected chi connectivity index (χ1v) is 10.4. The number of ether oxygens (including phenoxy) is 2. The van der Waals surface area contributed by atoms with Crippen LogP contribution in [0.15, 0.2) is 42.7 Å². The van der Waals surface area contributed by atoms with Gasteiger partial charge in [-0.2, -0.15) is 0 Å². The molecule has 2 nitrogen and oxygen atoms in total. The van der Waals surface area contributed by atoms with E-state index in [0.717, 1.165) is 43.4 Å². The van der Waals surface area contributed by atoms with E-state index in [1.165, 1.54) is 12.1 Å². The zero-order chi connectivity index (χ0) is 23.1. The minimum atomic E-state index is -2.81. The zero-order valence-corrected chi connectivity index (χ0v) is 17.5. The molecule has 3 rings (SSSR count). The number of allylic oxidation sites excluding steroid dienone is 1. The Balaban J connectivity index is 1.70. The average molecular weight is 450 g/mol. The Morgan fingerprint density at radius 3 is 2.41 bits per heavy atom. The summed E-state index contributed by atoms with van der Waals surface area (Å²) in [4.78, 5) is 0. The molecule has 0 radical (unpaired) electrons. The van der Waals surface area contributed by atoms with Gasteiger partial charge in [-0.3, -0.25) is 0 Å². The van der Waals surface area contributed by atoms with Crippen molar-refractivity contribution in [3.05, 3.63) is 76.8 Å². The Morgan fingerprint density at radius 2 is 1.81 bits per heavy atom. The molecule has 2 atom stereocenters. The SMILES string of the molecule is CCCC1CCC(c2ccc(C#Cc3cc(F)c(OC=CC(F)F)c(F)c3)c(F)c2)OC1. The number of hydrogen-bond acceptors (Lipinski definition) is 2. The molecule has 32 heavy (non-hydrogen) atoms. The molecule has 0 spiro atoms. The normalized spacial score (nSPS) is 18.6. The number of benzene rings is 2. The first-order valence-electron chi connectivity index (χ1n) is 10.4. The van der Waals surface area contributed by atoms with Crippen LogP contribution in [0.4, 0.5) is 22.0 Å². The van der Waals surface area contributed by atoms with E-state index in [0.29, 0.717) is 24.9 Å². The van der Waals surface area contributed by atoms with Gasteiger partial charge in [0.15, 0.2) is 17.4 Å². The van der Waals surface area contributed by atoms with Crippen LogP contribution in [0, 0.1) is 35.2 Å². The Labute approximate surface area is 184 Å². The van der Waals surface area contributed by atoms with E-state index < -0.39 is 29.6 Å². The van der Waals surface area contributed by atoms with Gasteiger partial charge in [0.2, 0.25) is 0 Å². The zero-order valence-electron chi connectivity index (χ0n) is 17.5. The fourth-order valence-electron chi connectivity index (χ4n) is 3.59. The van der Waals surface area contributed by atoms with Crippen LogP contribution < -0.4 is 4.74 Å². The minimum Gasteiger partial charge on any atom is -0.459 e. The van der Waals surface area contributed by atoms with Crippen molar-refractivity contribution in [2.24, 2.45) is 5.92 Å². The summed E-state index contributed by atoms with van der Waals surface area (Å²) >= 11 is 0. The van der Waals surface area contributed by atoms with Crippen LogP contribution >= 0.6 is 0 Å². The van der Waals surface area contributed by atoms with Crippen molar-refractivity contribution >= 4 is 0 Å². The highest BCUT2D eigenvalue weighted by Crippen LogP contribution is 2.33. The van der Waals surface area contributed by atoms with Crippen molar-refractivity contribution in [1.29, 1.82) is 0 Å². The van der Waals surface area contributed by atoms with Gasteiger partial charge in [0, 0.05) is 11.6 Å². The molecule has 2 unspecified atom stereocenters. The van der Waals surface area contributed by atoms with Crippen molar-refractivity contribution in [2.75, 3.05) is 6.61 Å². The summed E-state index contributed by atoms with van der Waals surface area (Å²) in [7, 11) is 0. The van der Waals surface area contributed by atoms with Gasteiger partial charge < -0.3 is 9.47 Å². The molecular weight excluding hydrogens is 427 g/mol. The maximum absolute atomic E-state index is 14.5. The fraction of sp³-hybridized carbons (Fsp3) is 0.360. The molecule has 0 bridgehead atoms. The highest BCUT2D eigenvalue weighted by Gasteiger charge is 2.23. The lowest BCUT2D eigenvalue weighted by atomic mass is 9.91. The summed E-state index contributed by atoms with van der Waals surface area (Å²) in [5, 5.41) is 0. The number of halogens is 5. The second-order valence-corrected chi connectivity index (χ2v) is 7.59. The second kappa shape index (κ2) is 11.1. The summed E-state index contributed by atoms with van der Waals surface area (Å²) in [6.07, 6.45) is 1.99. The summed E-state index contributed by atoms with van der Waals surface area (Å²) in [5.41, 5.74) is 0.763. The van der Waals surface area contributed by atoms with Crippen LogP contribution in [0.3, 0.4) is 0 Å². The highest BCUT2D eigenvalue weighted by molar-refractivity contribution is 5.46. The molecule has 1 fully saturated rings. The summed E-state index contributed by atoms with van der Waals surface area (Å²) in [5.74, 6) is 2.02. The van der Waals surface area contributed by atoms with E-state index in [1.54, 1.807) is 6.07 Å². The molecule has 0 aromatic heterocycles. The minimum absolute atomic E-state index is 0.0498. The van der Waals surface area contributed by atoms with Crippen LogP contribution in [0.1, 0.15) is 55.4 Å². The third-order valence-electron chi connectivity index (χ3n) is 5.18. The van der Waals surface area contributed by atoms with Crippen molar-refractivity contribution in [2.45, 2.75) is 45.1 Å². The van der Waals surface area contributed by atoms with E-state index in [9.17, 15) is 22.0 Å². The molecule has 1 heterocycles. The third kappa shape index (κ3) is 6.33. The molecular formula is C25H23F5O2. The van der Waals surface area contributed by atoms with E-state index in [1.807, 2.05) is 0 Å². The Morgan fingerprint density at radius 1 is 1.06 bits per heavy atom. The van der Waals surface area contributed by atoms with Crippen LogP contribution in [0.2, 0.25) is 0 Å². The maximum Gasteiger partial charge on any atom is 0.260 e. The molecule has 2 aromatic rings. The molecule has 2 aromatic carbocycles. The Bertz CT molecular complexity index is 992. The quantitative estimate of drug-likeness (QED) is 0.270. The van der Waals surface area contributed by atoms with Gasteiger partial charge >= 0.3 is 0 Å². The highest BCUT2D eigenvalue weighted by atomic mass is 19.3. The van der Waals surface area contributed by atoms with Crippen LogP contribution in [-0.2, 0) is 4.74 Å². The summed E-state index contributed by atoms with van der Waals surface area (Å²) < 4.78 is 77.2. The summed E-state index contributed by atoms with van der Waals surface area (Å²) in [6, 6.07) is 6.40. The molecule has 0 N–H and O–H groups in total. The molecule has 1 saturated heterocycles. The van der Waals surface area contributed by atoms with Crippen LogP contribution in [0.25, 0.3) is 0 Å². The molecule has 0 aliphatic carbocycles. The van der Waals surface area contributed by atoms with Gasteiger partial charge in [-0.1, -0.05) is 31.3 Å². The number of alkyl halides is 2. The van der Waals surface area contributed by atoms with Gasteiger partial charge in [0.25, 0.3) is 6.43 Å². The molecule has 170 valence electrons. The Kier molecular flexibility index (Phi) is 8.29. The molecule has 7 heteroatoms. The van der Waals surface area contributed by atoms with Crippen LogP contribution in [-0.4, -0.2) is 13.0 Å². The third-order valence-corrected chi connectivity index (χ3v) is 5.18. The predicted octanol–water partition coefficient (Wildman–Crippen LogP) is 6.93. The van der Waals surface area contributed by atoms with Gasteiger partial charge in [-0.15, -0.1) is 0 Å².